The van der Waals surface area contributed by atoms with Gasteiger partial charge in [-0.2, -0.15) is 0 Å². The zero-order valence-corrected chi connectivity index (χ0v) is 12.5. The lowest BCUT2D eigenvalue weighted by Crippen LogP contribution is -2.19. The fourth-order valence-electron chi connectivity index (χ4n) is 2.51. The summed E-state index contributed by atoms with van der Waals surface area (Å²) in [7, 11) is 0. The highest BCUT2D eigenvalue weighted by atomic mass is 16.1. The molecule has 1 unspecified atom stereocenters. The monoisotopic (exact) mass is 278 g/mol. The Morgan fingerprint density at radius 1 is 0.952 bits per heavy atom. The molecule has 0 heterocycles. The van der Waals surface area contributed by atoms with E-state index in [1.807, 2.05) is 24.3 Å². The molecule has 0 aliphatic carbocycles. The van der Waals surface area contributed by atoms with E-state index in [-0.39, 0.29) is 5.41 Å². The van der Waals surface area contributed by atoms with Crippen molar-refractivity contribution in [2.45, 2.75) is 31.6 Å². The van der Waals surface area contributed by atoms with Crippen LogP contribution < -0.4 is 0 Å². The smallest absolute Gasteiger partial charge is 0.121 e. The third-order valence-electron chi connectivity index (χ3n) is 3.87. The molecule has 0 aliphatic rings. The second-order valence-electron chi connectivity index (χ2n) is 5.58. The number of allylic oxidation sites excluding steroid dienone is 2. The highest BCUT2D eigenvalue weighted by molar-refractivity contribution is 5.55. The molecule has 0 radical (unpaired) electrons. The summed E-state index contributed by atoms with van der Waals surface area (Å²) < 4.78 is 0. The molecule has 0 bridgehead atoms. The molecule has 0 aliphatic heterocycles. The predicted molar refractivity (Wildman–Crippen MR) is 88.4 cm³/mol. The van der Waals surface area contributed by atoms with Gasteiger partial charge in [-0.25, -0.2) is 0 Å². The van der Waals surface area contributed by atoms with Gasteiger partial charge in [-0.1, -0.05) is 79.7 Å². The van der Waals surface area contributed by atoms with Crippen molar-refractivity contribution in [3.05, 3.63) is 83.9 Å². The summed E-state index contributed by atoms with van der Waals surface area (Å²) in [5, 5.41) is 0. The fourth-order valence-corrected chi connectivity index (χ4v) is 2.51. The average molecular weight is 278 g/mol. The van der Waals surface area contributed by atoms with Crippen LogP contribution in [0.15, 0.2) is 72.8 Å². The van der Waals surface area contributed by atoms with E-state index in [1.54, 1.807) is 0 Å². The van der Waals surface area contributed by atoms with Gasteiger partial charge in [-0.3, -0.25) is 0 Å². The molecule has 0 spiro atoms. The molecule has 0 aromatic heterocycles. The molecule has 108 valence electrons. The Morgan fingerprint density at radius 3 is 2.19 bits per heavy atom. The molecular weight excluding hydrogens is 256 g/mol. The van der Waals surface area contributed by atoms with E-state index in [0.717, 1.165) is 19.1 Å². The zero-order chi connectivity index (χ0) is 15.0. The van der Waals surface area contributed by atoms with E-state index < -0.39 is 0 Å². The van der Waals surface area contributed by atoms with Crippen molar-refractivity contribution >= 4 is 6.29 Å². The SMILES string of the molecule is CC(/C=C/CCc1ccccc1)(CC=O)c1ccccc1. The van der Waals surface area contributed by atoms with Gasteiger partial charge in [0.2, 0.25) is 0 Å². The maximum atomic E-state index is 11.0. The van der Waals surface area contributed by atoms with Crippen LogP contribution in [0.4, 0.5) is 0 Å². The summed E-state index contributed by atoms with van der Waals surface area (Å²) in [6.07, 6.45) is 7.92. The van der Waals surface area contributed by atoms with Gasteiger partial charge in [0.25, 0.3) is 0 Å². The van der Waals surface area contributed by atoms with Gasteiger partial charge in [0, 0.05) is 11.8 Å². The van der Waals surface area contributed by atoms with E-state index in [0.29, 0.717) is 6.42 Å². The first-order chi connectivity index (χ1) is 10.2. The second-order valence-corrected chi connectivity index (χ2v) is 5.58. The normalized spacial score (nSPS) is 14.0. The summed E-state index contributed by atoms with van der Waals surface area (Å²) in [4.78, 5) is 11.0. The lowest BCUT2D eigenvalue weighted by molar-refractivity contribution is -0.108. The third kappa shape index (κ3) is 4.42. The van der Waals surface area contributed by atoms with Gasteiger partial charge in [-0.15, -0.1) is 0 Å². The van der Waals surface area contributed by atoms with Crippen molar-refractivity contribution in [3.63, 3.8) is 0 Å². The Labute approximate surface area is 127 Å². The summed E-state index contributed by atoms with van der Waals surface area (Å²) in [6.45, 7) is 2.12. The lowest BCUT2D eigenvalue weighted by atomic mass is 9.79. The quantitative estimate of drug-likeness (QED) is 0.529. The molecular formula is C20H22O. The van der Waals surface area contributed by atoms with Gasteiger partial charge in [0.15, 0.2) is 0 Å². The molecule has 0 N–H and O–H groups in total. The highest BCUT2D eigenvalue weighted by Gasteiger charge is 2.22. The predicted octanol–water partition coefficient (Wildman–Crippen LogP) is 4.72. The summed E-state index contributed by atoms with van der Waals surface area (Å²) in [5.74, 6) is 0. The molecule has 0 fully saturated rings. The van der Waals surface area contributed by atoms with Gasteiger partial charge >= 0.3 is 0 Å². The molecule has 0 saturated carbocycles. The Balaban J connectivity index is 2.02. The number of aryl methyl sites for hydroxylation is 1. The molecule has 2 aromatic carbocycles. The number of aldehydes is 1. The van der Waals surface area contributed by atoms with Gasteiger partial charge < -0.3 is 4.79 Å². The molecule has 21 heavy (non-hydrogen) atoms. The van der Waals surface area contributed by atoms with Crippen molar-refractivity contribution in [2.75, 3.05) is 0 Å². The van der Waals surface area contributed by atoms with Crippen molar-refractivity contribution in [3.8, 4) is 0 Å². The van der Waals surface area contributed by atoms with Crippen LogP contribution in [0, 0.1) is 0 Å². The molecule has 0 saturated heterocycles. The highest BCUT2D eigenvalue weighted by Crippen LogP contribution is 2.28. The van der Waals surface area contributed by atoms with E-state index in [2.05, 4.69) is 55.5 Å². The minimum Gasteiger partial charge on any atom is -0.303 e. The zero-order valence-electron chi connectivity index (χ0n) is 12.5. The summed E-state index contributed by atoms with van der Waals surface area (Å²) in [5.41, 5.74) is 2.33. The van der Waals surface area contributed by atoms with Crippen LogP contribution in [-0.4, -0.2) is 6.29 Å². The minimum atomic E-state index is -0.209. The van der Waals surface area contributed by atoms with E-state index in [9.17, 15) is 4.79 Å². The third-order valence-corrected chi connectivity index (χ3v) is 3.87. The van der Waals surface area contributed by atoms with Crippen LogP contribution in [0.1, 0.15) is 30.9 Å². The van der Waals surface area contributed by atoms with Crippen molar-refractivity contribution in [1.29, 1.82) is 0 Å². The Bertz CT molecular complexity index is 571. The van der Waals surface area contributed by atoms with Crippen LogP contribution in [0.5, 0.6) is 0 Å². The number of benzene rings is 2. The van der Waals surface area contributed by atoms with Crippen molar-refractivity contribution in [2.24, 2.45) is 0 Å². The lowest BCUT2D eigenvalue weighted by Gasteiger charge is -2.24. The van der Waals surface area contributed by atoms with Crippen molar-refractivity contribution < 1.29 is 4.79 Å². The van der Waals surface area contributed by atoms with Gasteiger partial charge in [0.05, 0.1) is 0 Å². The van der Waals surface area contributed by atoms with Gasteiger partial charge in [-0.05, 0) is 24.0 Å². The molecule has 2 aromatic rings. The average Bonchev–Trinajstić information content (AvgIpc) is 2.54. The first kappa shape index (κ1) is 15.2. The Morgan fingerprint density at radius 2 is 1.57 bits per heavy atom. The van der Waals surface area contributed by atoms with Crippen molar-refractivity contribution in [1.82, 2.24) is 0 Å². The van der Waals surface area contributed by atoms with Crippen LogP contribution in [0.2, 0.25) is 0 Å². The Kier molecular flexibility index (Phi) is 5.51. The van der Waals surface area contributed by atoms with Crippen LogP contribution in [0.3, 0.4) is 0 Å². The molecule has 1 atom stereocenters. The largest absolute Gasteiger partial charge is 0.303 e. The topological polar surface area (TPSA) is 17.1 Å². The van der Waals surface area contributed by atoms with E-state index in [4.69, 9.17) is 0 Å². The molecule has 0 amide bonds. The number of carbonyl (C=O) groups excluding carboxylic acids is 1. The number of hydrogen-bond donors (Lipinski definition) is 0. The van der Waals surface area contributed by atoms with Crippen LogP contribution >= 0.6 is 0 Å². The molecule has 2 rings (SSSR count). The number of carbonyl (C=O) groups is 1. The standard InChI is InChI=1S/C20H22O/c1-20(16-17-21,19-13-6-3-7-14-19)15-9-8-12-18-10-4-2-5-11-18/h2-7,9-11,13-15,17H,8,12,16H2,1H3/b15-9+. The van der Waals surface area contributed by atoms with E-state index in [1.165, 1.54) is 11.1 Å². The maximum absolute atomic E-state index is 11.0. The number of rotatable bonds is 7. The van der Waals surface area contributed by atoms with Crippen LogP contribution in [-0.2, 0) is 16.6 Å². The maximum Gasteiger partial charge on any atom is 0.121 e. The van der Waals surface area contributed by atoms with E-state index >= 15 is 0 Å². The summed E-state index contributed by atoms with van der Waals surface area (Å²) >= 11 is 0. The summed E-state index contributed by atoms with van der Waals surface area (Å²) in [6, 6.07) is 20.7. The number of hydrogen-bond acceptors (Lipinski definition) is 1. The van der Waals surface area contributed by atoms with Crippen LogP contribution in [0.25, 0.3) is 0 Å². The second kappa shape index (κ2) is 7.58. The first-order valence-corrected chi connectivity index (χ1v) is 7.45. The first-order valence-electron chi connectivity index (χ1n) is 7.45. The fraction of sp³-hybridized carbons (Fsp3) is 0.250. The molecule has 1 heteroatoms. The minimum absolute atomic E-state index is 0.209. The van der Waals surface area contributed by atoms with Gasteiger partial charge in [0.1, 0.15) is 6.29 Å². The Hall–Kier alpha value is -2.15. The molecule has 1 nitrogen and oxygen atoms in total.